The quantitative estimate of drug-likeness (QED) is 0.754. The molecular weight excluding hydrogens is 246 g/mol. The zero-order valence-corrected chi connectivity index (χ0v) is 12.6. The Bertz CT molecular complexity index is 414. The SMILES string of the molecule is CCCCOc1ccc(CNC2CC3CCC2C3)cc1. The topological polar surface area (TPSA) is 21.3 Å². The van der Waals surface area contributed by atoms with Gasteiger partial charge in [-0.25, -0.2) is 0 Å². The molecule has 2 nitrogen and oxygen atoms in total. The van der Waals surface area contributed by atoms with Gasteiger partial charge in [-0.15, -0.1) is 0 Å². The van der Waals surface area contributed by atoms with E-state index in [4.69, 9.17) is 4.74 Å². The molecule has 0 aromatic heterocycles. The van der Waals surface area contributed by atoms with Crippen LogP contribution in [0.25, 0.3) is 0 Å². The van der Waals surface area contributed by atoms with Gasteiger partial charge in [-0.1, -0.05) is 31.9 Å². The Balaban J connectivity index is 1.44. The average molecular weight is 273 g/mol. The fourth-order valence-electron chi connectivity index (χ4n) is 3.78. The maximum atomic E-state index is 5.70. The lowest BCUT2D eigenvalue weighted by atomic mass is 9.95. The van der Waals surface area contributed by atoms with E-state index in [-0.39, 0.29) is 0 Å². The van der Waals surface area contributed by atoms with Gasteiger partial charge in [-0.05, 0) is 55.2 Å². The molecule has 0 radical (unpaired) electrons. The van der Waals surface area contributed by atoms with Crippen molar-refractivity contribution in [3.05, 3.63) is 29.8 Å². The molecule has 2 fully saturated rings. The van der Waals surface area contributed by atoms with Crippen LogP contribution in [0, 0.1) is 11.8 Å². The summed E-state index contributed by atoms with van der Waals surface area (Å²) in [5.74, 6) is 2.98. The van der Waals surface area contributed by atoms with E-state index < -0.39 is 0 Å². The second kappa shape index (κ2) is 6.62. The highest BCUT2D eigenvalue weighted by Crippen LogP contribution is 2.44. The normalized spacial score (nSPS) is 27.9. The molecule has 0 aliphatic heterocycles. The number of hydrogen-bond acceptors (Lipinski definition) is 2. The van der Waals surface area contributed by atoms with Crippen molar-refractivity contribution in [2.75, 3.05) is 6.61 Å². The third-order valence-corrected chi connectivity index (χ3v) is 5.00. The number of nitrogens with one attached hydrogen (secondary N) is 1. The largest absolute Gasteiger partial charge is 0.494 e. The summed E-state index contributed by atoms with van der Waals surface area (Å²) >= 11 is 0. The minimum absolute atomic E-state index is 0.772. The highest BCUT2D eigenvalue weighted by Gasteiger charge is 2.38. The first kappa shape index (κ1) is 13.9. The minimum Gasteiger partial charge on any atom is -0.494 e. The van der Waals surface area contributed by atoms with Crippen LogP contribution in [0.1, 0.15) is 51.0 Å². The lowest BCUT2D eigenvalue weighted by Gasteiger charge is -2.23. The zero-order valence-electron chi connectivity index (χ0n) is 12.6. The molecule has 2 bridgehead atoms. The molecule has 0 heterocycles. The zero-order chi connectivity index (χ0) is 13.8. The Labute approximate surface area is 122 Å². The fourth-order valence-corrected chi connectivity index (χ4v) is 3.78. The van der Waals surface area contributed by atoms with Crippen molar-refractivity contribution in [3.63, 3.8) is 0 Å². The van der Waals surface area contributed by atoms with Gasteiger partial charge in [0, 0.05) is 12.6 Å². The first-order valence-corrected chi connectivity index (χ1v) is 8.30. The molecular formula is C18H27NO. The Hall–Kier alpha value is -1.02. The van der Waals surface area contributed by atoms with E-state index in [0.717, 1.165) is 43.2 Å². The summed E-state index contributed by atoms with van der Waals surface area (Å²) in [6.45, 7) is 4.02. The van der Waals surface area contributed by atoms with Crippen LogP contribution in [0.15, 0.2) is 24.3 Å². The van der Waals surface area contributed by atoms with E-state index in [2.05, 4.69) is 36.5 Å². The summed E-state index contributed by atoms with van der Waals surface area (Å²) in [5.41, 5.74) is 1.37. The van der Waals surface area contributed by atoms with E-state index in [1.54, 1.807) is 0 Å². The first-order chi connectivity index (χ1) is 9.85. The van der Waals surface area contributed by atoms with Crippen LogP contribution in [-0.2, 0) is 6.54 Å². The molecule has 0 saturated heterocycles. The third-order valence-electron chi connectivity index (χ3n) is 5.00. The molecule has 1 N–H and O–H groups in total. The van der Waals surface area contributed by atoms with Crippen molar-refractivity contribution < 1.29 is 4.74 Å². The third kappa shape index (κ3) is 3.35. The Kier molecular flexibility index (Phi) is 4.62. The Morgan fingerprint density at radius 3 is 2.65 bits per heavy atom. The number of fused-ring (bicyclic) bond motifs is 2. The highest BCUT2D eigenvalue weighted by molar-refractivity contribution is 5.27. The molecule has 1 aromatic rings. The van der Waals surface area contributed by atoms with Crippen molar-refractivity contribution in [2.24, 2.45) is 11.8 Å². The van der Waals surface area contributed by atoms with Crippen LogP contribution in [0.5, 0.6) is 5.75 Å². The van der Waals surface area contributed by atoms with Gasteiger partial charge in [0.15, 0.2) is 0 Å². The fraction of sp³-hybridized carbons (Fsp3) is 0.667. The van der Waals surface area contributed by atoms with Crippen LogP contribution in [0.2, 0.25) is 0 Å². The average Bonchev–Trinajstić information content (AvgIpc) is 3.09. The second-order valence-corrected chi connectivity index (χ2v) is 6.51. The molecule has 3 rings (SSSR count). The molecule has 20 heavy (non-hydrogen) atoms. The van der Waals surface area contributed by atoms with Crippen molar-refractivity contribution in [1.82, 2.24) is 5.32 Å². The molecule has 110 valence electrons. The van der Waals surface area contributed by atoms with E-state index in [9.17, 15) is 0 Å². The van der Waals surface area contributed by atoms with Crippen LogP contribution in [0.3, 0.4) is 0 Å². The van der Waals surface area contributed by atoms with Gasteiger partial charge in [0.05, 0.1) is 6.61 Å². The van der Waals surface area contributed by atoms with Crippen LogP contribution >= 0.6 is 0 Å². The maximum Gasteiger partial charge on any atom is 0.119 e. The number of unbranched alkanes of at least 4 members (excludes halogenated alkanes) is 1. The van der Waals surface area contributed by atoms with Gasteiger partial charge < -0.3 is 10.1 Å². The number of benzene rings is 1. The number of ether oxygens (including phenoxy) is 1. The van der Waals surface area contributed by atoms with Gasteiger partial charge >= 0.3 is 0 Å². The van der Waals surface area contributed by atoms with E-state index >= 15 is 0 Å². The standard InChI is InChI=1S/C18H27NO/c1-2-3-10-20-17-8-5-14(6-9-17)13-19-18-12-15-4-7-16(18)11-15/h5-6,8-9,15-16,18-19H,2-4,7,10-13H2,1H3. The molecule has 3 unspecified atom stereocenters. The minimum atomic E-state index is 0.772. The molecule has 2 saturated carbocycles. The van der Waals surface area contributed by atoms with Crippen molar-refractivity contribution in [2.45, 2.75) is 58.0 Å². The molecule has 3 atom stereocenters. The summed E-state index contributed by atoms with van der Waals surface area (Å²) in [6.07, 6.45) is 8.13. The first-order valence-electron chi connectivity index (χ1n) is 8.30. The lowest BCUT2D eigenvalue weighted by molar-refractivity contribution is 0.309. The maximum absolute atomic E-state index is 5.70. The molecule has 0 spiro atoms. The smallest absolute Gasteiger partial charge is 0.119 e. The van der Waals surface area contributed by atoms with Gasteiger partial charge in [0.2, 0.25) is 0 Å². The van der Waals surface area contributed by atoms with Crippen LogP contribution in [-0.4, -0.2) is 12.6 Å². The second-order valence-electron chi connectivity index (χ2n) is 6.51. The van der Waals surface area contributed by atoms with Crippen LogP contribution < -0.4 is 10.1 Å². The molecule has 0 amide bonds. The van der Waals surface area contributed by atoms with E-state index in [0.29, 0.717) is 0 Å². The van der Waals surface area contributed by atoms with Gasteiger partial charge in [0.25, 0.3) is 0 Å². The number of hydrogen-bond donors (Lipinski definition) is 1. The molecule has 2 aliphatic carbocycles. The molecule has 2 aliphatic rings. The molecule has 1 aromatic carbocycles. The van der Waals surface area contributed by atoms with Gasteiger partial charge in [0.1, 0.15) is 5.75 Å². The van der Waals surface area contributed by atoms with Crippen molar-refractivity contribution >= 4 is 0 Å². The van der Waals surface area contributed by atoms with Gasteiger partial charge in [-0.2, -0.15) is 0 Å². The van der Waals surface area contributed by atoms with Crippen LogP contribution in [0.4, 0.5) is 0 Å². The van der Waals surface area contributed by atoms with E-state index in [1.165, 1.54) is 37.7 Å². The van der Waals surface area contributed by atoms with Crippen molar-refractivity contribution in [3.8, 4) is 5.75 Å². The summed E-state index contributed by atoms with van der Waals surface area (Å²) in [5, 5.41) is 3.76. The monoisotopic (exact) mass is 273 g/mol. The predicted molar refractivity (Wildman–Crippen MR) is 82.9 cm³/mol. The summed E-state index contributed by atoms with van der Waals surface area (Å²) in [7, 11) is 0. The Morgan fingerprint density at radius 2 is 2.00 bits per heavy atom. The van der Waals surface area contributed by atoms with Gasteiger partial charge in [-0.3, -0.25) is 0 Å². The van der Waals surface area contributed by atoms with Crippen molar-refractivity contribution in [1.29, 1.82) is 0 Å². The highest BCUT2D eigenvalue weighted by atomic mass is 16.5. The molecule has 2 heteroatoms. The van der Waals surface area contributed by atoms with E-state index in [1.807, 2.05) is 0 Å². The predicted octanol–water partition coefficient (Wildman–Crippen LogP) is 4.14. The lowest BCUT2D eigenvalue weighted by Crippen LogP contribution is -2.33. The summed E-state index contributed by atoms with van der Waals surface area (Å²) in [4.78, 5) is 0. The number of rotatable bonds is 7. The summed E-state index contributed by atoms with van der Waals surface area (Å²) < 4.78 is 5.70. The Morgan fingerprint density at radius 1 is 1.15 bits per heavy atom. The summed E-state index contributed by atoms with van der Waals surface area (Å²) in [6, 6.07) is 9.37.